The van der Waals surface area contributed by atoms with E-state index in [0.717, 1.165) is 76.9 Å². The van der Waals surface area contributed by atoms with Crippen molar-refractivity contribution in [1.29, 1.82) is 0 Å². The van der Waals surface area contributed by atoms with Crippen molar-refractivity contribution in [3.63, 3.8) is 0 Å². The SMILES string of the molecule is [2H]c1c([2H])c(N(c2ccc(-c3ccccc3-n3c4ccccc4c4ccccc43)cc2)c2ccc(-c3cccc4c3oc3c5ccccc5ccc43)cc2)c([2H])c([2H])c1-c1c([2H])c([2H])c2c([2H])c([2H])c([2H])c([2H])c2c1[2H]. The Morgan fingerprint density at radius 1 is 0.354 bits per heavy atom. The molecule has 2 aromatic heterocycles. The number of hydrogen-bond acceptors (Lipinski definition) is 2. The van der Waals surface area contributed by atoms with Crippen LogP contribution in [-0.4, -0.2) is 4.57 Å². The highest BCUT2D eigenvalue weighted by atomic mass is 16.3. The van der Waals surface area contributed by atoms with E-state index in [2.05, 4.69) is 59.2 Å². The van der Waals surface area contributed by atoms with Crippen LogP contribution < -0.4 is 4.90 Å². The molecule has 0 saturated heterocycles. The summed E-state index contributed by atoms with van der Waals surface area (Å²) in [6.07, 6.45) is 0. The fourth-order valence-electron chi connectivity index (χ4n) is 9.28. The molecule has 0 N–H and O–H groups in total. The van der Waals surface area contributed by atoms with Crippen molar-refractivity contribution < 1.29 is 19.5 Å². The van der Waals surface area contributed by atoms with E-state index in [1.807, 2.05) is 121 Å². The van der Waals surface area contributed by atoms with Gasteiger partial charge >= 0.3 is 0 Å². The summed E-state index contributed by atoms with van der Waals surface area (Å²) in [5.74, 6) is 0. The Bertz CT molecular complexity index is 4520. The van der Waals surface area contributed by atoms with Gasteiger partial charge in [-0.3, -0.25) is 0 Å². The molecule has 2 heterocycles. The predicted molar refractivity (Wildman–Crippen MR) is 274 cm³/mol. The summed E-state index contributed by atoms with van der Waals surface area (Å²) < 4.78 is 108. The van der Waals surface area contributed by atoms with E-state index >= 15 is 0 Å². The molecule has 0 saturated carbocycles. The van der Waals surface area contributed by atoms with Gasteiger partial charge in [-0.05, 0) is 105 Å². The van der Waals surface area contributed by atoms with E-state index in [1.165, 1.54) is 0 Å². The first-order valence-electron chi connectivity index (χ1n) is 26.9. The molecule has 3 nitrogen and oxygen atoms in total. The predicted octanol–water partition coefficient (Wildman–Crippen LogP) is 17.5. The minimum atomic E-state index is -0.659. The van der Waals surface area contributed by atoms with Gasteiger partial charge in [-0.2, -0.15) is 0 Å². The van der Waals surface area contributed by atoms with Gasteiger partial charge in [0.15, 0.2) is 0 Å². The molecule has 0 fully saturated rings. The lowest BCUT2D eigenvalue weighted by atomic mass is 10.00. The summed E-state index contributed by atoms with van der Waals surface area (Å²) in [7, 11) is 0. The fourth-order valence-corrected chi connectivity index (χ4v) is 9.28. The lowest BCUT2D eigenvalue weighted by molar-refractivity contribution is 0.674. The molecule has 13 rings (SSSR count). The van der Waals surface area contributed by atoms with E-state index in [1.54, 1.807) is 4.90 Å². The van der Waals surface area contributed by atoms with Crippen molar-refractivity contribution in [2.75, 3.05) is 4.90 Å². The van der Waals surface area contributed by atoms with E-state index < -0.39 is 77.6 Å². The monoisotopic (exact) mass is 839 g/mol. The molecule has 0 bridgehead atoms. The number of aromatic nitrogens is 1. The number of para-hydroxylation sites is 4. The summed E-state index contributed by atoms with van der Waals surface area (Å²) in [4.78, 5) is 1.65. The zero-order valence-electron chi connectivity index (χ0n) is 45.5. The largest absolute Gasteiger partial charge is 0.455 e. The van der Waals surface area contributed by atoms with E-state index in [9.17, 15) is 6.85 Å². The summed E-state index contributed by atoms with van der Waals surface area (Å²) in [6, 6.07) is 51.8. The highest BCUT2D eigenvalue weighted by Gasteiger charge is 2.19. The van der Waals surface area contributed by atoms with Gasteiger partial charge in [0.25, 0.3) is 0 Å². The highest BCUT2D eigenvalue weighted by Crippen LogP contribution is 2.42. The second-order valence-corrected chi connectivity index (χ2v) is 16.0. The Morgan fingerprint density at radius 2 is 0.923 bits per heavy atom. The van der Waals surface area contributed by atoms with Crippen LogP contribution >= 0.6 is 0 Å². The van der Waals surface area contributed by atoms with E-state index in [4.69, 9.17) is 12.6 Å². The maximum Gasteiger partial charge on any atom is 0.143 e. The maximum absolute atomic E-state index is 9.70. The minimum absolute atomic E-state index is 0.122. The highest BCUT2D eigenvalue weighted by molar-refractivity contribution is 6.17. The van der Waals surface area contributed by atoms with Crippen molar-refractivity contribution >= 4 is 82.4 Å². The first-order chi connectivity index (χ1) is 36.8. The molecule has 0 radical (unpaired) electrons. The number of furan rings is 1. The Morgan fingerprint density at radius 3 is 1.66 bits per heavy atom. The van der Waals surface area contributed by atoms with E-state index in [-0.39, 0.29) is 16.5 Å². The lowest BCUT2D eigenvalue weighted by Crippen LogP contribution is -2.09. The van der Waals surface area contributed by atoms with Crippen LogP contribution in [0.25, 0.3) is 104 Å². The van der Waals surface area contributed by atoms with Gasteiger partial charge in [-0.25, -0.2) is 0 Å². The van der Waals surface area contributed by atoms with Crippen molar-refractivity contribution in [2.45, 2.75) is 0 Å². The Kier molecular flexibility index (Phi) is 6.33. The van der Waals surface area contributed by atoms with Gasteiger partial charge in [0.2, 0.25) is 0 Å². The first kappa shape index (κ1) is 27.4. The van der Waals surface area contributed by atoms with Crippen molar-refractivity contribution in [3.05, 3.63) is 242 Å². The molecule has 0 atom stereocenters. The zero-order valence-corrected chi connectivity index (χ0v) is 34.5. The molecule has 0 aliphatic rings. The van der Waals surface area contributed by atoms with Gasteiger partial charge < -0.3 is 13.9 Å². The molecular weight excluding hydrogens is 789 g/mol. The van der Waals surface area contributed by atoms with Gasteiger partial charge in [0.1, 0.15) is 11.2 Å². The Balaban J connectivity index is 0.986. The number of benzene rings is 11. The second kappa shape index (κ2) is 15.0. The van der Waals surface area contributed by atoms with Crippen molar-refractivity contribution in [3.8, 4) is 39.1 Å². The molecule has 0 spiro atoms. The molecule has 13 aromatic rings. The first-order valence-corrected chi connectivity index (χ1v) is 21.4. The van der Waals surface area contributed by atoms with Gasteiger partial charge in [-0.15, -0.1) is 0 Å². The lowest BCUT2D eigenvalue weighted by Gasteiger charge is -2.26. The smallest absolute Gasteiger partial charge is 0.143 e. The van der Waals surface area contributed by atoms with Crippen molar-refractivity contribution in [2.24, 2.45) is 0 Å². The third-order valence-electron chi connectivity index (χ3n) is 12.3. The topological polar surface area (TPSA) is 21.3 Å². The summed E-state index contributed by atoms with van der Waals surface area (Å²) in [5, 5.41) is 5.60. The van der Waals surface area contributed by atoms with Crippen LogP contribution in [0.5, 0.6) is 0 Å². The third-order valence-corrected chi connectivity index (χ3v) is 12.3. The van der Waals surface area contributed by atoms with Crippen molar-refractivity contribution in [1.82, 2.24) is 4.57 Å². The Hall–Kier alpha value is -8.66. The number of anilines is 3. The van der Waals surface area contributed by atoms with Crippen LogP contribution in [0.15, 0.2) is 247 Å². The van der Waals surface area contributed by atoms with Crippen LogP contribution in [0.2, 0.25) is 0 Å². The molecular formula is C62H40N2O. The quantitative estimate of drug-likeness (QED) is 0.159. The molecule has 3 heteroatoms. The van der Waals surface area contributed by atoms with Crippen LogP contribution in [-0.2, 0) is 0 Å². The molecule has 0 amide bonds. The maximum atomic E-state index is 9.70. The van der Waals surface area contributed by atoms with Crippen LogP contribution in [0, 0.1) is 0 Å². The normalized spacial score (nSPS) is 14.1. The molecule has 0 aliphatic carbocycles. The Labute approximate surface area is 391 Å². The standard InChI is InChI=1S/C62H40N2O/c1-2-14-46-40-47(25-24-41(46)12-1)42-26-33-48(34-27-42)63(50-37-30-45(31-38-50)53-19-11-20-56-57-39-32-43-13-3-4-16-52(43)62(57)65-61(53)56)49-35-28-44(29-36-49)51-15-5-8-21-58(51)64-59-22-9-6-17-54(59)55-18-7-10-23-60(55)64/h1-40H/i1D,2D,12D,14D,24D,25D,26D,27D,33D,34D,40D. The molecule has 0 aliphatic heterocycles. The molecule has 11 aromatic carbocycles. The summed E-state index contributed by atoms with van der Waals surface area (Å²) in [5.41, 5.74) is 8.09. The third kappa shape index (κ3) is 6.12. The fraction of sp³-hybridized carbons (Fsp3) is 0. The number of nitrogens with zero attached hydrogens (tertiary/aromatic N) is 2. The van der Waals surface area contributed by atoms with Gasteiger partial charge in [-0.1, -0.05) is 176 Å². The molecule has 0 unspecified atom stereocenters. The summed E-state index contributed by atoms with van der Waals surface area (Å²) in [6.45, 7) is 0. The molecule has 65 heavy (non-hydrogen) atoms. The minimum Gasteiger partial charge on any atom is -0.455 e. The average Bonchev–Trinajstić information content (AvgIpc) is 4.12. The van der Waals surface area contributed by atoms with Crippen LogP contribution in [0.3, 0.4) is 0 Å². The summed E-state index contributed by atoms with van der Waals surface area (Å²) >= 11 is 0. The average molecular weight is 840 g/mol. The number of fused-ring (bicyclic) bond motifs is 9. The second-order valence-electron chi connectivity index (χ2n) is 16.0. The van der Waals surface area contributed by atoms with Gasteiger partial charge in [0.05, 0.1) is 31.8 Å². The zero-order chi connectivity index (χ0) is 52.4. The number of hydrogen-bond donors (Lipinski definition) is 0. The van der Waals surface area contributed by atoms with E-state index in [0.29, 0.717) is 17.0 Å². The number of rotatable bonds is 7. The van der Waals surface area contributed by atoms with Crippen LogP contribution in [0.1, 0.15) is 15.1 Å². The van der Waals surface area contributed by atoms with Crippen LogP contribution in [0.4, 0.5) is 17.1 Å². The van der Waals surface area contributed by atoms with Gasteiger partial charge in [0, 0.05) is 55.1 Å². The molecule has 304 valence electrons.